The second-order valence-corrected chi connectivity index (χ2v) is 7.35. The van der Waals surface area contributed by atoms with Crippen LogP contribution in [-0.2, 0) is 13.0 Å². The molecule has 1 heterocycles. The minimum atomic E-state index is 0.796. The molecule has 2 rings (SSSR count). The van der Waals surface area contributed by atoms with Crippen LogP contribution >= 0.6 is 54.8 Å². The predicted octanol–water partition coefficient (Wildman–Crippen LogP) is 6.10. The summed E-state index contributed by atoms with van der Waals surface area (Å²) in [4.78, 5) is 1.22. The summed E-state index contributed by atoms with van der Waals surface area (Å²) in [5.74, 6) is 0. The zero-order chi connectivity index (χ0) is 13.1. The first kappa shape index (κ1) is 14.4. The molecule has 0 bridgehead atoms. The minimum absolute atomic E-state index is 0.796. The van der Waals surface area contributed by atoms with Crippen molar-refractivity contribution in [1.29, 1.82) is 0 Å². The van der Waals surface area contributed by atoms with Gasteiger partial charge >= 0.3 is 0 Å². The molecular formula is C13H12Br2ClNS. The van der Waals surface area contributed by atoms with Crippen molar-refractivity contribution in [2.24, 2.45) is 0 Å². The molecule has 5 heteroatoms. The Bertz CT molecular complexity index is 534. The lowest BCUT2D eigenvalue weighted by Gasteiger charge is -2.10. The van der Waals surface area contributed by atoms with Gasteiger partial charge in [-0.2, -0.15) is 0 Å². The molecule has 18 heavy (non-hydrogen) atoms. The zero-order valence-electron chi connectivity index (χ0n) is 9.77. The van der Waals surface area contributed by atoms with Crippen LogP contribution < -0.4 is 5.32 Å². The van der Waals surface area contributed by atoms with Gasteiger partial charge in [-0.15, -0.1) is 11.3 Å². The Kier molecular flexibility index (Phi) is 5.13. The van der Waals surface area contributed by atoms with Gasteiger partial charge in [-0.05, 0) is 52.2 Å². The molecule has 1 aromatic heterocycles. The van der Waals surface area contributed by atoms with E-state index in [1.807, 2.05) is 0 Å². The quantitative estimate of drug-likeness (QED) is 0.643. The number of nitrogens with one attached hydrogen (secondary N) is 1. The Morgan fingerprint density at radius 1 is 1.28 bits per heavy atom. The smallest absolute Gasteiger partial charge is 0.107 e. The van der Waals surface area contributed by atoms with E-state index in [4.69, 9.17) is 11.6 Å². The lowest BCUT2D eigenvalue weighted by Crippen LogP contribution is -2.00. The van der Waals surface area contributed by atoms with Crippen LogP contribution in [0.15, 0.2) is 33.2 Å². The number of benzene rings is 1. The summed E-state index contributed by atoms with van der Waals surface area (Å²) >= 11 is 14.5. The molecule has 0 atom stereocenters. The zero-order valence-corrected chi connectivity index (χ0v) is 14.5. The van der Waals surface area contributed by atoms with Crippen LogP contribution in [0, 0.1) is 0 Å². The maximum absolute atomic E-state index is 6.03. The van der Waals surface area contributed by atoms with Crippen LogP contribution in [-0.4, -0.2) is 0 Å². The standard InChI is InChI=1S/C13H12Br2ClNS/c1-2-8-5-9(14)3-4-12(8)17-7-10-6-11(15)13(16)18-10/h3-6,17H,2,7H2,1H3. The largest absolute Gasteiger partial charge is 0.380 e. The Labute approximate surface area is 133 Å². The summed E-state index contributed by atoms with van der Waals surface area (Å²) in [6.45, 7) is 2.95. The van der Waals surface area contributed by atoms with Gasteiger partial charge in [0.25, 0.3) is 0 Å². The molecule has 0 fully saturated rings. The van der Waals surface area contributed by atoms with Gasteiger partial charge in [-0.3, -0.25) is 0 Å². The number of aryl methyl sites for hydroxylation is 1. The SMILES string of the molecule is CCc1cc(Br)ccc1NCc1cc(Br)c(Cl)s1. The van der Waals surface area contributed by atoms with Gasteiger partial charge in [-0.25, -0.2) is 0 Å². The van der Waals surface area contributed by atoms with E-state index in [0.29, 0.717) is 0 Å². The van der Waals surface area contributed by atoms with Crippen LogP contribution in [0.1, 0.15) is 17.4 Å². The van der Waals surface area contributed by atoms with Gasteiger partial charge < -0.3 is 5.32 Å². The molecule has 96 valence electrons. The van der Waals surface area contributed by atoms with Gasteiger partial charge in [0.05, 0.1) is 0 Å². The van der Waals surface area contributed by atoms with Gasteiger partial charge in [0.1, 0.15) is 4.34 Å². The number of hydrogen-bond donors (Lipinski definition) is 1. The molecule has 0 aliphatic rings. The fourth-order valence-corrected chi connectivity index (χ4v) is 3.83. The van der Waals surface area contributed by atoms with Crippen molar-refractivity contribution < 1.29 is 0 Å². The Morgan fingerprint density at radius 3 is 2.67 bits per heavy atom. The van der Waals surface area contributed by atoms with Crippen molar-refractivity contribution in [3.05, 3.63) is 48.0 Å². The van der Waals surface area contributed by atoms with Crippen LogP contribution in [0.25, 0.3) is 0 Å². The number of anilines is 1. The Balaban J connectivity index is 2.10. The van der Waals surface area contributed by atoms with E-state index in [-0.39, 0.29) is 0 Å². The molecule has 0 unspecified atom stereocenters. The number of hydrogen-bond acceptors (Lipinski definition) is 2. The summed E-state index contributed by atoms with van der Waals surface area (Å²) in [5.41, 5.74) is 2.49. The highest BCUT2D eigenvalue weighted by Gasteiger charge is 2.06. The molecule has 0 aliphatic heterocycles. The van der Waals surface area contributed by atoms with E-state index < -0.39 is 0 Å². The first-order chi connectivity index (χ1) is 8.60. The molecule has 1 nitrogen and oxygen atoms in total. The fraction of sp³-hybridized carbons (Fsp3) is 0.231. The van der Waals surface area contributed by atoms with Crippen LogP contribution in [0.2, 0.25) is 4.34 Å². The van der Waals surface area contributed by atoms with Crippen molar-refractivity contribution in [3.8, 4) is 0 Å². The fourth-order valence-electron chi connectivity index (χ4n) is 1.69. The molecule has 0 spiro atoms. The Hall–Kier alpha value is -0.0300. The van der Waals surface area contributed by atoms with E-state index in [2.05, 4.69) is 68.4 Å². The third kappa shape index (κ3) is 3.50. The van der Waals surface area contributed by atoms with Crippen LogP contribution in [0.3, 0.4) is 0 Å². The van der Waals surface area contributed by atoms with Gasteiger partial charge in [-0.1, -0.05) is 34.5 Å². The van der Waals surface area contributed by atoms with E-state index in [1.165, 1.54) is 16.1 Å². The van der Waals surface area contributed by atoms with Crippen LogP contribution in [0.5, 0.6) is 0 Å². The number of rotatable bonds is 4. The Morgan fingerprint density at radius 2 is 2.06 bits per heavy atom. The summed E-state index contributed by atoms with van der Waals surface area (Å²) < 4.78 is 2.89. The highest BCUT2D eigenvalue weighted by Crippen LogP contribution is 2.32. The monoisotopic (exact) mass is 407 g/mol. The number of thiophene rings is 1. The first-order valence-corrected chi connectivity index (χ1v) is 8.34. The average molecular weight is 410 g/mol. The van der Waals surface area contributed by atoms with E-state index >= 15 is 0 Å². The molecule has 0 saturated heterocycles. The molecular weight excluding hydrogens is 397 g/mol. The lowest BCUT2D eigenvalue weighted by molar-refractivity contribution is 1.10. The third-order valence-corrected chi connectivity index (χ3v) is 5.57. The highest BCUT2D eigenvalue weighted by molar-refractivity contribution is 9.10. The third-order valence-electron chi connectivity index (χ3n) is 2.60. The van der Waals surface area contributed by atoms with Crippen molar-refractivity contribution in [1.82, 2.24) is 0 Å². The maximum atomic E-state index is 6.03. The van der Waals surface area contributed by atoms with Gasteiger partial charge in [0, 0.05) is 26.1 Å². The van der Waals surface area contributed by atoms with Crippen molar-refractivity contribution in [3.63, 3.8) is 0 Å². The van der Waals surface area contributed by atoms with E-state index in [1.54, 1.807) is 11.3 Å². The van der Waals surface area contributed by atoms with E-state index in [9.17, 15) is 0 Å². The lowest BCUT2D eigenvalue weighted by atomic mass is 10.1. The van der Waals surface area contributed by atoms with Crippen LogP contribution in [0.4, 0.5) is 5.69 Å². The second-order valence-electron chi connectivity index (χ2n) is 3.84. The van der Waals surface area contributed by atoms with Gasteiger partial charge in [0.2, 0.25) is 0 Å². The molecule has 0 aliphatic carbocycles. The molecule has 0 saturated carbocycles. The van der Waals surface area contributed by atoms with Crippen molar-refractivity contribution in [2.45, 2.75) is 19.9 Å². The molecule has 0 radical (unpaired) electrons. The highest BCUT2D eigenvalue weighted by atomic mass is 79.9. The summed E-state index contributed by atoms with van der Waals surface area (Å²) in [6.07, 6.45) is 1.01. The molecule has 2 aromatic rings. The predicted molar refractivity (Wildman–Crippen MR) is 87.9 cm³/mol. The topological polar surface area (TPSA) is 12.0 Å². The van der Waals surface area contributed by atoms with E-state index in [0.717, 1.165) is 26.2 Å². The maximum Gasteiger partial charge on any atom is 0.107 e. The van der Waals surface area contributed by atoms with Crippen molar-refractivity contribution >= 4 is 60.5 Å². The second kappa shape index (κ2) is 6.42. The summed E-state index contributed by atoms with van der Waals surface area (Å²) in [5, 5.41) is 3.46. The average Bonchev–Trinajstić information content (AvgIpc) is 2.67. The number of halogens is 3. The van der Waals surface area contributed by atoms with Gasteiger partial charge in [0.15, 0.2) is 0 Å². The minimum Gasteiger partial charge on any atom is -0.380 e. The summed E-state index contributed by atoms with van der Waals surface area (Å²) in [6, 6.07) is 8.37. The molecule has 1 aromatic carbocycles. The van der Waals surface area contributed by atoms with Crippen molar-refractivity contribution in [2.75, 3.05) is 5.32 Å². The normalized spacial score (nSPS) is 10.7. The molecule has 0 amide bonds. The summed E-state index contributed by atoms with van der Waals surface area (Å²) in [7, 11) is 0. The molecule has 1 N–H and O–H groups in total. The first-order valence-electron chi connectivity index (χ1n) is 5.56.